The van der Waals surface area contributed by atoms with Crippen molar-refractivity contribution in [2.45, 2.75) is 65.3 Å². The van der Waals surface area contributed by atoms with E-state index in [9.17, 15) is 4.79 Å². The Morgan fingerprint density at radius 1 is 1.44 bits per heavy atom. The van der Waals surface area contributed by atoms with Gasteiger partial charge in [-0.2, -0.15) is 10.1 Å². The Morgan fingerprint density at radius 3 is 2.92 bits per heavy atom. The van der Waals surface area contributed by atoms with Crippen LogP contribution in [0.3, 0.4) is 0 Å². The van der Waals surface area contributed by atoms with Gasteiger partial charge in [0.2, 0.25) is 11.8 Å². The number of nitrogens with zero attached hydrogens (tertiary/aromatic N) is 5. The third kappa shape index (κ3) is 3.91. The smallest absolute Gasteiger partial charge is 0.244 e. The normalized spacial score (nSPS) is 19.2. The monoisotopic (exact) mass is 345 g/mol. The van der Waals surface area contributed by atoms with E-state index in [-0.39, 0.29) is 18.4 Å². The van der Waals surface area contributed by atoms with E-state index in [2.05, 4.69) is 29.1 Å². The third-order valence-electron chi connectivity index (χ3n) is 5.02. The van der Waals surface area contributed by atoms with E-state index in [1.807, 2.05) is 24.8 Å². The van der Waals surface area contributed by atoms with Gasteiger partial charge in [-0.15, -0.1) is 0 Å². The molecule has 0 radical (unpaired) electrons. The summed E-state index contributed by atoms with van der Waals surface area (Å²) in [5, 5.41) is 8.49. The number of piperidine rings is 1. The molecule has 7 nitrogen and oxygen atoms in total. The molecule has 1 aliphatic rings. The van der Waals surface area contributed by atoms with Gasteiger partial charge in [-0.1, -0.05) is 19.0 Å². The van der Waals surface area contributed by atoms with Crippen LogP contribution in [0.25, 0.3) is 0 Å². The summed E-state index contributed by atoms with van der Waals surface area (Å²) < 4.78 is 7.25. The van der Waals surface area contributed by atoms with Gasteiger partial charge < -0.3 is 9.42 Å². The van der Waals surface area contributed by atoms with Crippen LogP contribution in [0.5, 0.6) is 0 Å². The average Bonchev–Trinajstić information content (AvgIpc) is 3.21. The van der Waals surface area contributed by atoms with Gasteiger partial charge in [-0.05, 0) is 39.2 Å². The maximum Gasteiger partial charge on any atom is 0.244 e. The summed E-state index contributed by atoms with van der Waals surface area (Å²) >= 11 is 0. The lowest BCUT2D eigenvalue weighted by atomic mass is 9.98. The van der Waals surface area contributed by atoms with E-state index in [1.54, 1.807) is 4.68 Å². The zero-order valence-corrected chi connectivity index (χ0v) is 15.5. The van der Waals surface area contributed by atoms with Crippen molar-refractivity contribution in [3.05, 3.63) is 29.2 Å². The number of likely N-dealkylation sites (tertiary alicyclic amines) is 1. The molecule has 0 aliphatic carbocycles. The van der Waals surface area contributed by atoms with Crippen molar-refractivity contribution in [1.82, 2.24) is 24.8 Å². The van der Waals surface area contributed by atoms with E-state index >= 15 is 0 Å². The second-order valence-corrected chi connectivity index (χ2v) is 7.06. The molecule has 136 valence electrons. The predicted octanol–water partition coefficient (Wildman–Crippen LogP) is 2.80. The largest absolute Gasteiger partial charge is 0.340 e. The lowest BCUT2D eigenvalue weighted by Gasteiger charge is -2.31. The van der Waals surface area contributed by atoms with E-state index < -0.39 is 0 Å². The Hall–Kier alpha value is -2.18. The number of hydrogen-bond donors (Lipinski definition) is 0. The zero-order valence-electron chi connectivity index (χ0n) is 15.5. The molecule has 0 spiro atoms. The summed E-state index contributed by atoms with van der Waals surface area (Å²) in [4.78, 5) is 19.1. The highest BCUT2D eigenvalue weighted by Crippen LogP contribution is 2.27. The molecule has 1 saturated heterocycles. The maximum atomic E-state index is 12.7. The topological polar surface area (TPSA) is 77.0 Å². The van der Waals surface area contributed by atoms with Gasteiger partial charge in [0.25, 0.3) is 0 Å². The molecule has 2 aromatic heterocycles. The van der Waals surface area contributed by atoms with Crippen LogP contribution >= 0.6 is 0 Å². The number of rotatable bonds is 5. The Labute approximate surface area is 148 Å². The lowest BCUT2D eigenvalue weighted by molar-refractivity contribution is -0.133. The highest BCUT2D eigenvalue weighted by molar-refractivity contribution is 5.76. The fourth-order valence-corrected chi connectivity index (χ4v) is 3.26. The highest BCUT2D eigenvalue weighted by Gasteiger charge is 2.29. The van der Waals surface area contributed by atoms with Crippen LogP contribution in [0.1, 0.15) is 68.0 Å². The number of carbonyl (C=O) groups excluding carboxylic acids is 1. The van der Waals surface area contributed by atoms with E-state index in [0.717, 1.165) is 43.0 Å². The molecular formula is C18H27N5O2. The second-order valence-electron chi connectivity index (χ2n) is 7.06. The van der Waals surface area contributed by atoms with Crippen molar-refractivity contribution in [2.75, 3.05) is 13.1 Å². The van der Waals surface area contributed by atoms with E-state index in [1.165, 1.54) is 0 Å². The standard InChI is InChI=1S/C18H27N5O2/c1-5-12(2)17-19-18(25-21-17)15-7-6-8-22(10-15)16(24)11-23-14(4)9-13(3)20-23/h9,12,15H,5-8,10-11H2,1-4H3/t12-,15-/m1/s1. The molecule has 2 aromatic rings. The van der Waals surface area contributed by atoms with Crippen LogP contribution in [0.15, 0.2) is 10.6 Å². The van der Waals surface area contributed by atoms with Gasteiger partial charge in [-0.3, -0.25) is 9.48 Å². The van der Waals surface area contributed by atoms with Crippen molar-refractivity contribution in [3.63, 3.8) is 0 Å². The second kappa shape index (κ2) is 7.37. The van der Waals surface area contributed by atoms with Gasteiger partial charge in [-0.25, -0.2) is 0 Å². The first kappa shape index (κ1) is 17.6. The first-order chi connectivity index (χ1) is 12.0. The van der Waals surface area contributed by atoms with Crippen LogP contribution in [0, 0.1) is 13.8 Å². The minimum Gasteiger partial charge on any atom is -0.340 e. The number of aryl methyl sites for hydroxylation is 2. The molecular weight excluding hydrogens is 318 g/mol. The van der Waals surface area contributed by atoms with Gasteiger partial charge in [0.15, 0.2) is 5.82 Å². The van der Waals surface area contributed by atoms with Crippen molar-refractivity contribution in [1.29, 1.82) is 0 Å². The summed E-state index contributed by atoms with van der Waals surface area (Å²) in [5.74, 6) is 1.95. The summed E-state index contributed by atoms with van der Waals surface area (Å²) in [6.45, 7) is 9.83. The fraction of sp³-hybridized carbons (Fsp3) is 0.667. The molecule has 1 amide bonds. The summed E-state index contributed by atoms with van der Waals surface area (Å²) in [6.07, 6.45) is 2.91. The molecule has 3 heterocycles. The molecule has 3 rings (SSSR count). The summed E-state index contributed by atoms with van der Waals surface area (Å²) in [6, 6.07) is 1.99. The zero-order chi connectivity index (χ0) is 18.0. The molecule has 0 N–H and O–H groups in total. The molecule has 0 aromatic carbocycles. The number of amides is 1. The molecule has 0 saturated carbocycles. The molecule has 2 atom stereocenters. The minimum atomic E-state index is 0.0950. The van der Waals surface area contributed by atoms with Crippen molar-refractivity contribution < 1.29 is 9.32 Å². The third-order valence-corrected chi connectivity index (χ3v) is 5.02. The average molecular weight is 345 g/mol. The highest BCUT2D eigenvalue weighted by atomic mass is 16.5. The molecule has 1 fully saturated rings. The first-order valence-electron chi connectivity index (χ1n) is 9.10. The fourth-order valence-electron chi connectivity index (χ4n) is 3.26. The van der Waals surface area contributed by atoms with E-state index in [0.29, 0.717) is 18.4 Å². The van der Waals surface area contributed by atoms with Crippen LogP contribution < -0.4 is 0 Å². The van der Waals surface area contributed by atoms with Crippen LogP contribution in [-0.2, 0) is 11.3 Å². The number of carbonyl (C=O) groups is 1. The van der Waals surface area contributed by atoms with Gasteiger partial charge >= 0.3 is 0 Å². The minimum absolute atomic E-state index is 0.0950. The first-order valence-corrected chi connectivity index (χ1v) is 9.10. The Kier molecular flexibility index (Phi) is 5.20. The molecule has 0 bridgehead atoms. The lowest BCUT2D eigenvalue weighted by Crippen LogP contribution is -2.41. The molecule has 7 heteroatoms. The van der Waals surface area contributed by atoms with Crippen LogP contribution in [-0.4, -0.2) is 43.8 Å². The number of aromatic nitrogens is 4. The van der Waals surface area contributed by atoms with Crippen LogP contribution in [0.4, 0.5) is 0 Å². The van der Waals surface area contributed by atoms with Gasteiger partial charge in [0, 0.05) is 24.7 Å². The molecule has 0 unspecified atom stereocenters. The van der Waals surface area contributed by atoms with Crippen molar-refractivity contribution >= 4 is 5.91 Å². The van der Waals surface area contributed by atoms with E-state index in [4.69, 9.17) is 4.52 Å². The molecule has 25 heavy (non-hydrogen) atoms. The van der Waals surface area contributed by atoms with Crippen molar-refractivity contribution in [3.8, 4) is 0 Å². The Bertz CT molecular complexity index is 736. The summed E-state index contributed by atoms with van der Waals surface area (Å²) in [5.41, 5.74) is 1.94. The van der Waals surface area contributed by atoms with Gasteiger partial charge in [0.1, 0.15) is 6.54 Å². The Balaban J connectivity index is 1.65. The Morgan fingerprint density at radius 2 is 2.24 bits per heavy atom. The maximum absolute atomic E-state index is 12.7. The summed E-state index contributed by atoms with van der Waals surface area (Å²) in [7, 11) is 0. The van der Waals surface area contributed by atoms with Crippen molar-refractivity contribution in [2.24, 2.45) is 0 Å². The predicted molar refractivity (Wildman–Crippen MR) is 93.3 cm³/mol. The quantitative estimate of drug-likeness (QED) is 0.833. The molecule has 1 aliphatic heterocycles. The number of hydrogen-bond acceptors (Lipinski definition) is 5. The van der Waals surface area contributed by atoms with Crippen LogP contribution in [0.2, 0.25) is 0 Å². The SMILES string of the molecule is CC[C@@H](C)c1noc([C@@H]2CCCN(C(=O)Cn3nc(C)cc3C)C2)n1. The van der Waals surface area contributed by atoms with Gasteiger partial charge in [0.05, 0.1) is 11.6 Å².